The van der Waals surface area contributed by atoms with E-state index in [1.807, 2.05) is 59.3 Å². The molecule has 1 aliphatic heterocycles. The molecule has 0 saturated carbocycles. The zero-order valence-corrected chi connectivity index (χ0v) is 20.5. The number of hydrogen-bond acceptors (Lipinski definition) is 5. The van der Waals surface area contributed by atoms with E-state index in [9.17, 15) is 14.4 Å². The first kappa shape index (κ1) is 25.6. The number of ether oxygens (including phenoxy) is 1. The molecule has 1 amide bonds. The zero-order chi connectivity index (χ0) is 24.0. The summed E-state index contributed by atoms with van der Waals surface area (Å²) >= 11 is 0. The maximum absolute atomic E-state index is 13.1. The van der Waals surface area contributed by atoms with Crippen molar-refractivity contribution in [2.75, 3.05) is 40.8 Å². The van der Waals surface area contributed by atoms with Gasteiger partial charge in [0.15, 0.2) is 0 Å². The summed E-state index contributed by atoms with van der Waals surface area (Å²) in [6, 6.07) is 5.88. The van der Waals surface area contributed by atoms with E-state index in [1.165, 1.54) is 0 Å². The number of aromatic nitrogens is 1. The lowest BCUT2D eigenvalue weighted by atomic mass is 9.97. The topological polar surface area (TPSA) is 71.8 Å². The van der Waals surface area contributed by atoms with Crippen molar-refractivity contribution >= 4 is 28.5 Å². The molecule has 0 atom stereocenters. The third-order valence-corrected chi connectivity index (χ3v) is 5.70. The highest BCUT2D eigenvalue weighted by atomic mass is 16.5. The Balaban J connectivity index is 0.000000654. The Labute approximate surface area is 191 Å². The van der Waals surface area contributed by atoms with Crippen LogP contribution in [0.3, 0.4) is 0 Å². The van der Waals surface area contributed by atoms with Crippen molar-refractivity contribution in [3.63, 3.8) is 0 Å². The molecule has 2 aromatic rings. The van der Waals surface area contributed by atoms with Gasteiger partial charge in [-0.1, -0.05) is 20.8 Å². The maximum Gasteiger partial charge on any atom is 0.237 e. The van der Waals surface area contributed by atoms with E-state index in [1.54, 1.807) is 23.5 Å². The molecule has 0 spiro atoms. The minimum Gasteiger partial charge on any atom is -0.497 e. The molecule has 1 aromatic heterocycles. The summed E-state index contributed by atoms with van der Waals surface area (Å²) in [6.45, 7) is 9.14. The fourth-order valence-corrected chi connectivity index (χ4v) is 3.51. The highest BCUT2D eigenvalue weighted by molar-refractivity contribution is 5.97. The second kappa shape index (κ2) is 11.3. The van der Waals surface area contributed by atoms with Crippen molar-refractivity contribution in [3.8, 4) is 5.75 Å². The third kappa shape index (κ3) is 6.19. The van der Waals surface area contributed by atoms with Gasteiger partial charge < -0.3 is 19.3 Å². The first-order valence-electron chi connectivity index (χ1n) is 11.2. The number of rotatable bonds is 7. The van der Waals surface area contributed by atoms with Crippen molar-refractivity contribution in [2.24, 2.45) is 11.8 Å². The van der Waals surface area contributed by atoms with Gasteiger partial charge in [0.1, 0.15) is 11.5 Å². The Morgan fingerprint density at radius 3 is 2.31 bits per heavy atom. The Kier molecular flexibility index (Phi) is 9.01. The lowest BCUT2D eigenvalue weighted by Gasteiger charge is -2.39. The van der Waals surface area contributed by atoms with Crippen LogP contribution in [0.1, 0.15) is 44.5 Å². The van der Waals surface area contributed by atoms with Gasteiger partial charge in [-0.15, -0.1) is 0 Å². The number of methoxy groups -OCH3 is 1. The van der Waals surface area contributed by atoms with E-state index in [0.29, 0.717) is 19.5 Å². The summed E-state index contributed by atoms with van der Waals surface area (Å²) in [5.74, 6) is 0.984. The van der Waals surface area contributed by atoms with Crippen LogP contribution in [0.4, 0.5) is 0 Å². The molecular weight excluding hydrogens is 406 g/mol. The second-order valence-electron chi connectivity index (χ2n) is 8.95. The van der Waals surface area contributed by atoms with E-state index >= 15 is 0 Å². The Hall–Kier alpha value is -2.67. The summed E-state index contributed by atoms with van der Waals surface area (Å²) in [7, 11) is 5.72. The summed E-state index contributed by atoms with van der Waals surface area (Å²) in [5, 5.41) is 1.08. The Morgan fingerprint density at radius 2 is 1.81 bits per heavy atom. The first-order valence-corrected chi connectivity index (χ1v) is 11.2. The summed E-state index contributed by atoms with van der Waals surface area (Å²) < 4.78 is 7.11. The van der Waals surface area contributed by atoms with Crippen molar-refractivity contribution in [1.82, 2.24) is 14.4 Å². The van der Waals surface area contributed by atoms with Gasteiger partial charge >= 0.3 is 0 Å². The van der Waals surface area contributed by atoms with Gasteiger partial charge in [0, 0.05) is 49.6 Å². The SMILES string of the molecule is CCC(C)=O.COc1ccc2c(CCN(C)C)cn(C(=O)C3CN(C(=O)C(C)C)C3)c2c1. The predicted octanol–water partition coefficient (Wildman–Crippen LogP) is 3.49. The van der Waals surface area contributed by atoms with Gasteiger partial charge in [0.25, 0.3) is 0 Å². The van der Waals surface area contributed by atoms with Crippen molar-refractivity contribution in [2.45, 2.75) is 40.5 Å². The molecule has 0 bridgehead atoms. The van der Waals surface area contributed by atoms with Crippen molar-refractivity contribution < 1.29 is 19.1 Å². The number of hydrogen-bond donors (Lipinski definition) is 0. The van der Waals surface area contributed by atoms with Crippen LogP contribution in [0.5, 0.6) is 5.75 Å². The monoisotopic (exact) mass is 443 g/mol. The van der Waals surface area contributed by atoms with Crippen LogP contribution in [0.25, 0.3) is 10.9 Å². The molecule has 1 aromatic carbocycles. The van der Waals surface area contributed by atoms with Crippen molar-refractivity contribution in [1.29, 1.82) is 0 Å². The van der Waals surface area contributed by atoms with Gasteiger partial charge in [-0.2, -0.15) is 0 Å². The average molecular weight is 444 g/mol. The van der Waals surface area contributed by atoms with Crippen LogP contribution >= 0.6 is 0 Å². The summed E-state index contributed by atoms with van der Waals surface area (Å²) in [4.78, 5) is 38.9. The molecule has 7 nitrogen and oxygen atoms in total. The average Bonchev–Trinajstić information content (AvgIpc) is 3.09. The molecule has 1 saturated heterocycles. The number of ketones is 1. The molecule has 0 radical (unpaired) electrons. The van der Waals surface area contributed by atoms with Crippen LogP contribution in [0.2, 0.25) is 0 Å². The number of nitrogens with zero attached hydrogens (tertiary/aromatic N) is 3. The quantitative estimate of drug-likeness (QED) is 0.655. The maximum atomic E-state index is 13.1. The highest BCUT2D eigenvalue weighted by Gasteiger charge is 2.37. The largest absolute Gasteiger partial charge is 0.497 e. The predicted molar refractivity (Wildman–Crippen MR) is 127 cm³/mol. The highest BCUT2D eigenvalue weighted by Crippen LogP contribution is 2.29. The Bertz CT molecular complexity index is 955. The molecule has 32 heavy (non-hydrogen) atoms. The van der Waals surface area contributed by atoms with Crippen LogP contribution < -0.4 is 4.74 Å². The summed E-state index contributed by atoms with van der Waals surface area (Å²) in [5.41, 5.74) is 2.03. The zero-order valence-electron chi connectivity index (χ0n) is 20.5. The first-order chi connectivity index (χ1) is 15.1. The van der Waals surface area contributed by atoms with Gasteiger partial charge in [-0.3, -0.25) is 14.2 Å². The van der Waals surface area contributed by atoms with Crippen LogP contribution in [-0.2, 0) is 16.0 Å². The number of fused-ring (bicyclic) bond motifs is 1. The molecule has 176 valence electrons. The van der Waals surface area contributed by atoms with Crippen molar-refractivity contribution in [3.05, 3.63) is 30.0 Å². The number of carbonyl (C=O) groups is 3. The van der Waals surface area contributed by atoms with Crippen LogP contribution in [-0.4, -0.2) is 72.8 Å². The number of benzene rings is 1. The molecule has 0 N–H and O–H groups in total. The van der Waals surface area contributed by atoms with Gasteiger partial charge in [-0.05, 0) is 45.1 Å². The number of carbonyl (C=O) groups excluding carboxylic acids is 3. The lowest BCUT2D eigenvalue weighted by Crippen LogP contribution is -2.55. The van der Waals surface area contributed by atoms with E-state index in [4.69, 9.17) is 4.74 Å². The van der Waals surface area contributed by atoms with Crippen LogP contribution in [0, 0.1) is 11.8 Å². The van der Waals surface area contributed by atoms with E-state index in [2.05, 4.69) is 4.90 Å². The molecule has 1 aliphatic rings. The standard InChI is InChI=1S/C21H29N3O3.C4H8O/c1-14(2)20(25)23-11-16(12-23)21(26)24-13-15(8-9-22(3)4)18-7-6-17(27-5)10-19(18)24;1-3-4(2)5/h6-7,10,13-14,16H,8-9,11-12H2,1-5H3;3H2,1-2H3. The number of likely N-dealkylation sites (tertiary alicyclic amines) is 1. The smallest absolute Gasteiger partial charge is 0.237 e. The van der Waals surface area contributed by atoms with E-state index in [-0.39, 0.29) is 29.4 Å². The van der Waals surface area contributed by atoms with E-state index in [0.717, 1.165) is 35.2 Å². The molecule has 2 heterocycles. The molecule has 0 aliphatic carbocycles. The minimum atomic E-state index is -0.142. The lowest BCUT2D eigenvalue weighted by molar-refractivity contribution is -0.139. The van der Waals surface area contributed by atoms with Gasteiger partial charge in [-0.25, -0.2) is 0 Å². The molecule has 7 heteroatoms. The van der Waals surface area contributed by atoms with Gasteiger partial charge in [0.05, 0.1) is 18.5 Å². The normalized spacial score (nSPS) is 13.7. The van der Waals surface area contributed by atoms with E-state index < -0.39 is 0 Å². The molecule has 3 rings (SSSR count). The molecule has 1 fully saturated rings. The number of Topliss-reactive ketones (excluding diaryl/α,β-unsaturated/α-hetero) is 1. The van der Waals surface area contributed by atoms with Gasteiger partial charge in [0.2, 0.25) is 11.8 Å². The van der Waals surface area contributed by atoms with Crippen LogP contribution in [0.15, 0.2) is 24.4 Å². The summed E-state index contributed by atoms with van der Waals surface area (Å²) in [6.07, 6.45) is 3.50. The number of amides is 1. The molecule has 0 unspecified atom stereocenters. The Morgan fingerprint density at radius 1 is 1.19 bits per heavy atom. The minimum absolute atomic E-state index is 0.0321. The molecular formula is C25H37N3O4. The fraction of sp³-hybridized carbons (Fsp3) is 0.560. The fourth-order valence-electron chi connectivity index (χ4n) is 3.51. The second-order valence-corrected chi connectivity index (χ2v) is 8.95. The number of likely N-dealkylation sites (N-methyl/N-ethyl adjacent to an activating group) is 1. The third-order valence-electron chi connectivity index (χ3n) is 5.70.